The summed E-state index contributed by atoms with van der Waals surface area (Å²) >= 11 is 0. The van der Waals surface area contributed by atoms with Gasteiger partial charge in [0.2, 0.25) is 0 Å². The summed E-state index contributed by atoms with van der Waals surface area (Å²) in [5.41, 5.74) is 6.00. The first kappa shape index (κ1) is 13.5. The van der Waals surface area contributed by atoms with Gasteiger partial charge < -0.3 is 5.73 Å². The van der Waals surface area contributed by atoms with Crippen LogP contribution in [0.15, 0.2) is 0 Å². The summed E-state index contributed by atoms with van der Waals surface area (Å²) in [7, 11) is 0. The lowest BCUT2D eigenvalue weighted by molar-refractivity contribution is 0.403. The van der Waals surface area contributed by atoms with E-state index < -0.39 is 0 Å². The quantitative estimate of drug-likeness (QED) is 0.669. The highest BCUT2D eigenvalue weighted by molar-refractivity contribution is 4.75. The van der Waals surface area contributed by atoms with E-state index >= 15 is 0 Å². The van der Waals surface area contributed by atoms with Gasteiger partial charge in [-0.1, -0.05) is 40.5 Å². The van der Waals surface area contributed by atoms with E-state index in [1.54, 1.807) is 0 Å². The molecule has 0 aromatic rings. The van der Waals surface area contributed by atoms with Gasteiger partial charge in [-0.15, -0.1) is 0 Å². The molecule has 70 valence electrons. The van der Waals surface area contributed by atoms with Crippen molar-refractivity contribution < 1.29 is 0 Å². The molecule has 0 radical (unpaired) electrons. The molecular formula is C10H25N. The van der Waals surface area contributed by atoms with Crippen LogP contribution in [0.2, 0.25) is 0 Å². The van der Waals surface area contributed by atoms with E-state index in [9.17, 15) is 0 Å². The van der Waals surface area contributed by atoms with E-state index in [1.807, 2.05) is 13.8 Å². The predicted molar refractivity (Wildman–Crippen MR) is 53.8 cm³/mol. The van der Waals surface area contributed by atoms with E-state index in [0.717, 1.165) is 6.42 Å². The second-order valence-corrected chi connectivity index (χ2v) is 3.11. The van der Waals surface area contributed by atoms with Crippen LogP contribution in [0.1, 0.15) is 60.3 Å². The summed E-state index contributed by atoms with van der Waals surface area (Å²) in [5.74, 6) is 0. The molecule has 1 unspecified atom stereocenters. The smallest absolute Gasteiger partial charge is 0.0123 e. The molecule has 1 heteroatoms. The Morgan fingerprint density at radius 3 is 1.91 bits per heavy atom. The summed E-state index contributed by atoms with van der Waals surface area (Å²) in [6, 6.07) is 0. The van der Waals surface area contributed by atoms with Crippen molar-refractivity contribution in [3.63, 3.8) is 0 Å². The Morgan fingerprint density at radius 2 is 1.64 bits per heavy atom. The van der Waals surface area contributed by atoms with Crippen molar-refractivity contribution in [3.8, 4) is 0 Å². The van der Waals surface area contributed by atoms with Gasteiger partial charge in [-0.3, -0.25) is 0 Å². The van der Waals surface area contributed by atoms with Gasteiger partial charge in [0.05, 0.1) is 0 Å². The molecule has 11 heavy (non-hydrogen) atoms. The molecule has 0 aliphatic rings. The van der Waals surface area contributed by atoms with E-state index in [2.05, 4.69) is 20.8 Å². The molecular weight excluding hydrogens is 134 g/mol. The van der Waals surface area contributed by atoms with Gasteiger partial charge in [0.1, 0.15) is 0 Å². The van der Waals surface area contributed by atoms with E-state index in [4.69, 9.17) is 5.73 Å². The number of hydrogen-bond donors (Lipinski definition) is 1. The van der Waals surface area contributed by atoms with Crippen molar-refractivity contribution in [1.29, 1.82) is 0 Å². The fraction of sp³-hybridized carbons (Fsp3) is 1.00. The van der Waals surface area contributed by atoms with Crippen molar-refractivity contribution in [2.45, 2.75) is 65.8 Å². The van der Waals surface area contributed by atoms with E-state index in [-0.39, 0.29) is 5.54 Å². The third kappa shape index (κ3) is 9.96. The first-order valence-corrected chi connectivity index (χ1v) is 4.91. The number of rotatable bonds is 4. The van der Waals surface area contributed by atoms with Crippen LogP contribution in [0, 0.1) is 0 Å². The molecule has 0 rings (SSSR count). The van der Waals surface area contributed by atoms with Crippen molar-refractivity contribution >= 4 is 0 Å². The lowest BCUT2D eigenvalue weighted by Gasteiger charge is -2.21. The second kappa shape index (κ2) is 8.06. The molecule has 2 N–H and O–H groups in total. The minimum absolute atomic E-state index is 0.0933. The van der Waals surface area contributed by atoms with Crippen LogP contribution in [0.3, 0.4) is 0 Å². The third-order valence-corrected chi connectivity index (χ3v) is 1.91. The standard InChI is InChI=1S/C8H19N.C2H6/c1-4-6-7-8(3,9)5-2;1-2/h4-7,9H2,1-3H3;1-2H3. The third-order valence-electron chi connectivity index (χ3n) is 1.91. The molecule has 0 bridgehead atoms. The molecule has 0 amide bonds. The Labute approximate surface area is 72.4 Å². The van der Waals surface area contributed by atoms with E-state index in [1.165, 1.54) is 19.3 Å². The summed E-state index contributed by atoms with van der Waals surface area (Å²) in [6.07, 6.45) is 4.78. The summed E-state index contributed by atoms with van der Waals surface area (Å²) < 4.78 is 0. The van der Waals surface area contributed by atoms with Crippen molar-refractivity contribution in [2.24, 2.45) is 5.73 Å². The van der Waals surface area contributed by atoms with Gasteiger partial charge in [-0.05, 0) is 19.8 Å². The molecule has 0 spiro atoms. The predicted octanol–water partition coefficient (Wildman–Crippen LogP) is 3.33. The number of nitrogens with two attached hydrogens (primary N) is 1. The molecule has 0 aromatic carbocycles. The van der Waals surface area contributed by atoms with Gasteiger partial charge in [0.25, 0.3) is 0 Å². The molecule has 0 aromatic heterocycles. The molecule has 0 heterocycles. The molecule has 0 saturated heterocycles. The van der Waals surface area contributed by atoms with Gasteiger partial charge in [-0.25, -0.2) is 0 Å². The Bertz CT molecular complexity index is 67.3. The van der Waals surface area contributed by atoms with Gasteiger partial charge in [0, 0.05) is 5.54 Å². The number of unbranched alkanes of at least 4 members (excludes halogenated alkanes) is 1. The van der Waals surface area contributed by atoms with Gasteiger partial charge >= 0.3 is 0 Å². The van der Waals surface area contributed by atoms with E-state index in [0.29, 0.717) is 0 Å². The van der Waals surface area contributed by atoms with Crippen LogP contribution >= 0.6 is 0 Å². The highest BCUT2D eigenvalue weighted by atomic mass is 14.7. The summed E-state index contributed by atoms with van der Waals surface area (Å²) in [5, 5.41) is 0. The zero-order valence-electron chi connectivity index (χ0n) is 8.91. The van der Waals surface area contributed by atoms with Crippen LogP contribution in [0.25, 0.3) is 0 Å². The maximum Gasteiger partial charge on any atom is 0.0123 e. The van der Waals surface area contributed by atoms with Crippen molar-refractivity contribution in [2.75, 3.05) is 0 Å². The Kier molecular flexibility index (Phi) is 9.92. The fourth-order valence-corrected chi connectivity index (χ4v) is 0.757. The average molecular weight is 159 g/mol. The summed E-state index contributed by atoms with van der Waals surface area (Å²) in [4.78, 5) is 0. The topological polar surface area (TPSA) is 26.0 Å². The minimum atomic E-state index is 0.0933. The van der Waals surface area contributed by atoms with Crippen molar-refractivity contribution in [1.82, 2.24) is 0 Å². The van der Waals surface area contributed by atoms with Gasteiger partial charge in [-0.2, -0.15) is 0 Å². The molecule has 0 aliphatic carbocycles. The van der Waals surface area contributed by atoms with Crippen LogP contribution in [0.4, 0.5) is 0 Å². The molecule has 0 saturated carbocycles. The van der Waals surface area contributed by atoms with Crippen LogP contribution in [0.5, 0.6) is 0 Å². The lowest BCUT2D eigenvalue weighted by Crippen LogP contribution is -2.34. The largest absolute Gasteiger partial charge is 0.325 e. The highest BCUT2D eigenvalue weighted by Gasteiger charge is 2.13. The molecule has 0 fully saturated rings. The normalized spacial score (nSPS) is 14.7. The van der Waals surface area contributed by atoms with Gasteiger partial charge in [0.15, 0.2) is 0 Å². The summed E-state index contributed by atoms with van der Waals surface area (Å²) in [6.45, 7) is 10.5. The Morgan fingerprint density at radius 1 is 1.18 bits per heavy atom. The van der Waals surface area contributed by atoms with Crippen LogP contribution < -0.4 is 5.73 Å². The Hall–Kier alpha value is -0.0400. The van der Waals surface area contributed by atoms with Crippen LogP contribution in [-0.4, -0.2) is 5.54 Å². The highest BCUT2D eigenvalue weighted by Crippen LogP contribution is 2.13. The first-order chi connectivity index (χ1) is 5.12. The monoisotopic (exact) mass is 159 g/mol. The van der Waals surface area contributed by atoms with Crippen molar-refractivity contribution in [3.05, 3.63) is 0 Å². The minimum Gasteiger partial charge on any atom is -0.325 e. The number of hydrogen-bond acceptors (Lipinski definition) is 1. The fourth-order valence-electron chi connectivity index (χ4n) is 0.757. The maximum absolute atomic E-state index is 5.90. The lowest BCUT2D eigenvalue weighted by atomic mass is 9.94. The zero-order chi connectivity index (χ0) is 9.33. The zero-order valence-corrected chi connectivity index (χ0v) is 8.91. The van der Waals surface area contributed by atoms with Crippen LogP contribution in [-0.2, 0) is 0 Å². The maximum atomic E-state index is 5.90. The SMILES string of the molecule is CC.CCCCC(C)(N)CC. The molecule has 1 nitrogen and oxygen atoms in total. The molecule has 0 aliphatic heterocycles. The first-order valence-electron chi connectivity index (χ1n) is 4.91. The second-order valence-electron chi connectivity index (χ2n) is 3.11. The average Bonchev–Trinajstić information content (AvgIpc) is 2.05. The molecule has 1 atom stereocenters. The Balaban J connectivity index is 0.